The average Bonchev–Trinajstić information content (AvgIpc) is 3.52. The molecule has 6 aromatic rings. The standard InChI is InChI=1S/C30H19N2S.C13H24O2.Ir/c1-2-8-19(9-3-1)25-17-22(16-21-11-5-6-12-23(21)25)28-30-29(32-18-31-28)27-24-13-7-4-10-20(24)14-15-26(27)33-30;1-5-10(6-2)12(14)9-13(15)11(7-3)8-4;/h1-13,17-18H,14-15H2;9-11,14H,5-8H2,1-4H3;/q-1;;/b;12-9-;. The Labute approximate surface area is 307 Å². The van der Waals surface area contributed by atoms with Crippen molar-refractivity contribution in [2.45, 2.75) is 66.2 Å². The van der Waals surface area contributed by atoms with Gasteiger partial charge in [0.15, 0.2) is 5.78 Å². The third-order valence-corrected chi connectivity index (χ3v) is 10.9. The molecule has 6 heteroatoms. The van der Waals surface area contributed by atoms with E-state index in [0.29, 0.717) is 0 Å². The smallest absolute Gasteiger partial charge is 0.162 e. The molecule has 0 saturated heterocycles. The number of aryl methyl sites for hydroxylation is 2. The number of aliphatic hydroxyl groups is 1. The topological polar surface area (TPSA) is 63.1 Å². The molecule has 1 N–H and O–H groups in total. The van der Waals surface area contributed by atoms with E-state index in [9.17, 15) is 9.90 Å². The van der Waals surface area contributed by atoms with Gasteiger partial charge in [-0.15, -0.1) is 34.9 Å². The summed E-state index contributed by atoms with van der Waals surface area (Å²) in [4.78, 5) is 22.7. The number of fused-ring (bicyclic) bond motifs is 6. The van der Waals surface area contributed by atoms with Gasteiger partial charge in [0.05, 0.1) is 11.3 Å². The molecule has 2 heterocycles. The Morgan fingerprint density at radius 2 is 1.51 bits per heavy atom. The van der Waals surface area contributed by atoms with Crippen LogP contribution in [-0.4, -0.2) is 20.9 Å². The maximum Gasteiger partial charge on any atom is 0.162 e. The summed E-state index contributed by atoms with van der Waals surface area (Å²) in [5, 5.41) is 12.1. The molecule has 0 atom stereocenters. The second-order valence-electron chi connectivity index (χ2n) is 12.5. The third kappa shape index (κ3) is 7.62. The zero-order chi connectivity index (χ0) is 33.6. The Hall–Kier alpha value is -3.96. The van der Waals surface area contributed by atoms with Gasteiger partial charge in [-0.3, -0.25) is 9.78 Å². The number of carbonyl (C=O) groups is 1. The van der Waals surface area contributed by atoms with E-state index in [-0.39, 0.29) is 43.5 Å². The van der Waals surface area contributed by atoms with Gasteiger partial charge in [0.2, 0.25) is 0 Å². The van der Waals surface area contributed by atoms with Gasteiger partial charge >= 0.3 is 0 Å². The van der Waals surface area contributed by atoms with E-state index in [1.165, 1.54) is 44.2 Å². The number of benzene rings is 4. The first-order valence-corrected chi connectivity index (χ1v) is 18.1. The zero-order valence-electron chi connectivity index (χ0n) is 28.6. The van der Waals surface area contributed by atoms with Crippen LogP contribution >= 0.6 is 11.3 Å². The van der Waals surface area contributed by atoms with Crippen molar-refractivity contribution in [3.63, 3.8) is 0 Å². The van der Waals surface area contributed by atoms with Gasteiger partial charge in [-0.25, -0.2) is 4.98 Å². The van der Waals surface area contributed by atoms with Gasteiger partial charge in [-0.2, -0.15) is 0 Å². The van der Waals surface area contributed by atoms with Crippen LogP contribution in [0.2, 0.25) is 0 Å². The fraction of sp³-hybridized carbons (Fsp3) is 0.279. The Morgan fingerprint density at radius 3 is 2.24 bits per heavy atom. The normalized spacial score (nSPS) is 12.3. The second-order valence-corrected chi connectivity index (χ2v) is 13.6. The molecule has 0 spiro atoms. The molecule has 4 aromatic carbocycles. The van der Waals surface area contributed by atoms with Crippen LogP contribution in [0, 0.1) is 17.9 Å². The van der Waals surface area contributed by atoms with Crippen LogP contribution in [0.1, 0.15) is 63.8 Å². The fourth-order valence-corrected chi connectivity index (χ4v) is 8.09. The minimum absolute atomic E-state index is 0. The van der Waals surface area contributed by atoms with Crippen molar-refractivity contribution in [1.82, 2.24) is 9.97 Å². The Kier molecular flexibility index (Phi) is 12.3. The molecular weight excluding hydrogens is 801 g/mol. The zero-order valence-corrected chi connectivity index (χ0v) is 31.8. The summed E-state index contributed by atoms with van der Waals surface area (Å²) in [6.07, 6.45) is 8.76. The summed E-state index contributed by atoms with van der Waals surface area (Å²) < 4.78 is 1.16. The van der Waals surface area contributed by atoms with Crippen molar-refractivity contribution < 1.29 is 30.0 Å². The first kappa shape index (κ1) is 36.3. The first-order chi connectivity index (χ1) is 23.5. The first-order valence-electron chi connectivity index (χ1n) is 17.3. The maximum atomic E-state index is 11.7. The summed E-state index contributed by atoms with van der Waals surface area (Å²) >= 11 is 1.85. The predicted octanol–water partition coefficient (Wildman–Crippen LogP) is 11.6. The predicted molar refractivity (Wildman–Crippen MR) is 201 cm³/mol. The largest absolute Gasteiger partial charge is 0.512 e. The number of carbonyl (C=O) groups excluding carboxylic acids is 1. The molecule has 1 aliphatic carbocycles. The molecule has 2 aromatic heterocycles. The van der Waals surface area contributed by atoms with E-state index in [2.05, 4.69) is 91.0 Å². The van der Waals surface area contributed by atoms with Gasteiger partial charge in [-0.05, 0) is 55.2 Å². The minimum atomic E-state index is 0. The Bertz CT molecular complexity index is 2080. The van der Waals surface area contributed by atoms with Crippen molar-refractivity contribution in [3.8, 4) is 33.5 Å². The molecule has 4 nitrogen and oxygen atoms in total. The summed E-state index contributed by atoms with van der Waals surface area (Å²) in [5.41, 5.74) is 9.49. The molecule has 0 amide bonds. The third-order valence-electron chi connectivity index (χ3n) is 9.65. The fourth-order valence-electron chi connectivity index (χ4n) is 6.82. The molecule has 7 rings (SSSR count). The SMILES string of the molecule is CCC(CC)C(=O)/C=C(\O)C(CC)CC.[Ir].[c-]1c(-c2ncnc3c4c(sc23)CCc2ccccc2-4)cc(-c2ccccc2)c2ccccc12. The average molecular weight is 844 g/mol. The minimum Gasteiger partial charge on any atom is -0.512 e. The van der Waals surface area contributed by atoms with E-state index in [1.807, 2.05) is 39.0 Å². The van der Waals surface area contributed by atoms with Crippen LogP contribution in [0.5, 0.6) is 0 Å². The monoisotopic (exact) mass is 844 g/mol. The summed E-state index contributed by atoms with van der Waals surface area (Å²) in [6, 6.07) is 33.7. The van der Waals surface area contributed by atoms with E-state index in [4.69, 9.17) is 9.97 Å². The van der Waals surface area contributed by atoms with Crippen LogP contribution in [-0.2, 0) is 37.7 Å². The van der Waals surface area contributed by atoms with Crippen molar-refractivity contribution in [1.29, 1.82) is 0 Å². The van der Waals surface area contributed by atoms with Gasteiger partial charge in [0.1, 0.15) is 6.33 Å². The number of hydrogen-bond donors (Lipinski definition) is 1. The number of aromatic nitrogens is 2. The molecular formula is C43H43IrN2O2S-. The summed E-state index contributed by atoms with van der Waals surface area (Å²) in [7, 11) is 0. The molecule has 1 aliphatic rings. The van der Waals surface area contributed by atoms with E-state index in [1.54, 1.807) is 6.33 Å². The maximum absolute atomic E-state index is 11.7. The summed E-state index contributed by atoms with van der Waals surface area (Å²) in [6.45, 7) is 8.07. The van der Waals surface area contributed by atoms with Crippen LogP contribution in [0.25, 0.3) is 54.5 Å². The number of hydrogen-bond acceptors (Lipinski definition) is 5. The molecule has 0 unspecified atom stereocenters. The number of aliphatic hydroxyl groups excluding tert-OH is 1. The van der Waals surface area contributed by atoms with Gasteiger partial charge < -0.3 is 5.11 Å². The Morgan fingerprint density at radius 1 is 0.837 bits per heavy atom. The number of thiophene rings is 1. The molecule has 0 saturated carbocycles. The number of allylic oxidation sites excluding steroid dienone is 2. The van der Waals surface area contributed by atoms with Gasteiger partial charge in [0.25, 0.3) is 0 Å². The molecule has 49 heavy (non-hydrogen) atoms. The summed E-state index contributed by atoms with van der Waals surface area (Å²) in [5.74, 6) is 0.547. The van der Waals surface area contributed by atoms with E-state index >= 15 is 0 Å². The van der Waals surface area contributed by atoms with E-state index in [0.717, 1.165) is 65.4 Å². The Balaban J connectivity index is 0.000000252. The van der Waals surface area contributed by atoms with Crippen molar-refractivity contribution >= 4 is 38.1 Å². The molecule has 0 aliphatic heterocycles. The molecule has 1 radical (unpaired) electrons. The number of rotatable bonds is 9. The molecule has 0 bridgehead atoms. The second kappa shape index (κ2) is 16.6. The van der Waals surface area contributed by atoms with Crippen molar-refractivity contribution in [2.24, 2.45) is 11.8 Å². The van der Waals surface area contributed by atoms with Crippen LogP contribution < -0.4 is 0 Å². The molecule has 0 fully saturated rings. The van der Waals surface area contributed by atoms with Crippen LogP contribution in [0.15, 0.2) is 103 Å². The number of ketones is 1. The van der Waals surface area contributed by atoms with E-state index < -0.39 is 0 Å². The quantitative estimate of drug-likeness (QED) is 0.0895. The molecule has 253 valence electrons. The van der Waals surface area contributed by atoms with Crippen LogP contribution in [0.4, 0.5) is 0 Å². The van der Waals surface area contributed by atoms with Gasteiger partial charge in [-0.1, -0.05) is 117 Å². The van der Waals surface area contributed by atoms with Crippen molar-refractivity contribution in [2.75, 3.05) is 0 Å². The van der Waals surface area contributed by atoms with Gasteiger partial charge in [0, 0.05) is 58.9 Å². The number of nitrogens with zero attached hydrogens (tertiary/aromatic N) is 2. The van der Waals surface area contributed by atoms with Crippen LogP contribution in [0.3, 0.4) is 0 Å². The van der Waals surface area contributed by atoms with Crippen molar-refractivity contribution in [3.05, 3.63) is 120 Å².